The van der Waals surface area contributed by atoms with E-state index in [9.17, 15) is 14.4 Å². The summed E-state index contributed by atoms with van der Waals surface area (Å²) >= 11 is 1.22. The number of benzene rings is 2. The maximum Gasteiger partial charge on any atom is 0.341 e. The normalized spacial score (nSPS) is 15.2. The number of carboxylic acids is 1. The smallest absolute Gasteiger partial charge is 0.341 e. The number of aliphatic carboxylic acids is 1. The maximum absolute atomic E-state index is 13.7. The molecule has 10 heteroatoms. The third-order valence-corrected chi connectivity index (χ3v) is 6.61. The first kappa shape index (κ1) is 26.9. The van der Waals surface area contributed by atoms with E-state index >= 15 is 0 Å². The molecule has 3 aromatic rings. The number of fused-ring (bicyclic) bond motifs is 1. The third kappa shape index (κ3) is 5.86. The van der Waals surface area contributed by atoms with Gasteiger partial charge in [-0.2, -0.15) is 0 Å². The van der Waals surface area contributed by atoms with Crippen molar-refractivity contribution in [2.24, 2.45) is 4.99 Å². The fourth-order valence-corrected chi connectivity index (χ4v) is 5.11. The standard InChI is InChI=1S/C28H28N2O7S/c1-5-35-27(34)24-17(4)29-28-30(25(24)19-8-12-21(13-9-19)37-16(2)3)26(33)22(38-28)14-18-6-10-20(11-7-18)36-15-23(31)32/h6-14,16,25H,5,15H2,1-4H3,(H,31,32)/t25-/m0/s1. The summed E-state index contributed by atoms with van der Waals surface area (Å²) in [5.74, 6) is -0.493. The minimum absolute atomic E-state index is 0.00792. The van der Waals surface area contributed by atoms with E-state index in [1.54, 1.807) is 44.2 Å². The monoisotopic (exact) mass is 536 g/mol. The van der Waals surface area contributed by atoms with Crippen molar-refractivity contribution in [1.82, 2.24) is 4.57 Å². The summed E-state index contributed by atoms with van der Waals surface area (Å²) in [6.07, 6.45) is 1.73. The Labute approximate surface area is 222 Å². The van der Waals surface area contributed by atoms with Crippen LogP contribution in [0.15, 0.2) is 69.6 Å². The molecule has 1 atom stereocenters. The lowest BCUT2D eigenvalue weighted by molar-refractivity contribution is -0.140. The van der Waals surface area contributed by atoms with Gasteiger partial charge in [-0.05, 0) is 69.2 Å². The van der Waals surface area contributed by atoms with Crippen LogP contribution in [0.3, 0.4) is 0 Å². The predicted molar refractivity (Wildman–Crippen MR) is 142 cm³/mol. The molecular formula is C28H28N2O7S. The molecule has 1 aliphatic heterocycles. The van der Waals surface area contributed by atoms with Crippen LogP contribution in [-0.2, 0) is 14.3 Å². The third-order valence-electron chi connectivity index (χ3n) is 5.62. The number of nitrogens with zero attached hydrogens (tertiary/aromatic N) is 2. The van der Waals surface area contributed by atoms with Crippen molar-refractivity contribution in [3.05, 3.63) is 90.6 Å². The summed E-state index contributed by atoms with van der Waals surface area (Å²) in [5, 5.41) is 8.77. The van der Waals surface area contributed by atoms with Crippen molar-refractivity contribution in [1.29, 1.82) is 0 Å². The number of hydrogen-bond donors (Lipinski definition) is 1. The van der Waals surface area contributed by atoms with Crippen LogP contribution in [-0.4, -0.2) is 40.9 Å². The fraction of sp³-hybridized carbons (Fsp3) is 0.286. The lowest BCUT2D eigenvalue weighted by Crippen LogP contribution is -2.39. The van der Waals surface area contributed by atoms with Crippen LogP contribution < -0.4 is 24.4 Å². The highest BCUT2D eigenvalue weighted by molar-refractivity contribution is 7.07. The Morgan fingerprint density at radius 3 is 2.37 bits per heavy atom. The van der Waals surface area contributed by atoms with Crippen molar-refractivity contribution in [2.45, 2.75) is 39.8 Å². The first-order chi connectivity index (χ1) is 18.2. The number of rotatable bonds is 9. The van der Waals surface area contributed by atoms with E-state index in [1.165, 1.54) is 15.9 Å². The van der Waals surface area contributed by atoms with E-state index in [0.29, 0.717) is 32.1 Å². The molecule has 0 saturated carbocycles. The highest BCUT2D eigenvalue weighted by Gasteiger charge is 2.33. The van der Waals surface area contributed by atoms with Crippen LogP contribution in [0.4, 0.5) is 0 Å². The van der Waals surface area contributed by atoms with Gasteiger partial charge in [0.05, 0.1) is 34.6 Å². The summed E-state index contributed by atoms with van der Waals surface area (Å²) in [7, 11) is 0. The van der Waals surface area contributed by atoms with Crippen LogP contribution in [0.1, 0.15) is 44.9 Å². The molecule has 0 radical (unpaired) electrons. The summed E-state index contributed by atoms with van der Waals surface area (Å²) in [5.41, 5.74) is 1.96. The number of hydrogen-bond acceptors (Lipinski definition) is 8. The van der Waals surface area contributed by atoms with Gasteiger partial charge >= 0.3 is 11.9 Å². The molecule has 1 aliphatic rings. The van der Waals surface area contributed by atoms with E-state index in [0.717, 1.165) is 11.1 Å². The van der Waals surface area contributed by atoms with Crippen LogP contribution in [0, 0.1) is 0 Å². The van der Waals surface area contributed by atoms with Gasteiger partial charge in [-0.1, -0.05) is 35.6 Å². The zero-order valence-corrected chi connectivity index (χ0v) is 22.3. The minimum atomic E-state index is -1.07. The van der Waals surface area contributed by atoms with Gasteiger partial charge < -0.3 is 19.3 Å². The molecule has 1 aromatic heterocycles. The van der Waals surface area contributed by atoms with E-state index in [1.807, 2.05) is 38.1 Å². The van der Waals surface area contributed by atoms with Crippen LogP contribution >= 0.6 is 11.3 Å². The van der Waals surface area contributed by atoms with E-state index in [2.05, 4.69) is 4.99 Å². The summed E-state index contributed by atoms with van der Waals surface area (Å²) in [4.78, 5) is 42.5. The number of ether oxygens (including phenoxy) is 3. The highest BCUT2D eigenvalue weighted by Crippen LogP contribution is 2.31. The van der Waals surface area contributed by atoms with E-state index in [4.69, 9.17) is 19.3 Å². The van der Waals surface area contributed by atoms with Gasteiger partial charge in [0, 0.05) is 0 Å². The Bertz CT molecular complexity index is 1550. The average molecular weight is 537 g/mol. The zero-order chi connectivity index (χ0) is 27.4. The number of carbonyl (C=O) groups is 2. The van der Waals surface area contributed by atoms with Crippen molar-refractivity contribution in [3.8, 4) is 11.5 Å². The Morgan fingerprint density at radius 1 is 1.11 bits per heavy atom. The number of carboxylic acid groups (broad SMARTS) is 1. The average Bonchev–Trinajstić information content (AvgIpc) is 3.17. The largest absolute Gasteiger partial charge is 0.491 e. The Morgan fingerprint density at radius 2 is 1.76 bits per heavy atom. The Kier molecular flexibility index (Phi) is 8.11. The predicted octanol–water partition coefficient (Wildman–Crippen LogP) is 3.05. The molecule has 0 fully saturated rings. The lowest BCUT2D eigenvalue weighted by Gasteiger charge is -2.25. The quantitative estimate of drug-likeness (QED) is 0.418. The van der Waals surface area contributed by atoms with Gasteiger partial charge in [-0.15, -0.1) is 0 Å². The number of aromatic nitrogens is 1. The highest BCUT2D eigenvalue weighted by atomic mass is 32.1. The number of esters is 1. The number of thiazole rings is 1. The molecule has 2 heterocycles. The van der Waals surface area contributed by atoms with Gasteiger partial charge in [-0.3, -0.25) is 9.36 Å². The number of allylic oxidation sites excluding steroid dienone is 1. The lowest BCUT2D eigenvalue weighted by atomic mass is 9.96. The molecule has 0 unspecified atom stereocenters. The first-order valence-electron chi connectivity index (χ1n) is 12.1. The zero-order valence-electron chi connectivity index (χ0n) is 21.5. The summed E-state index contributed by atoms with van der Waals surface area (Å²) < 4.78 is 18.2. The van der Waals surface area contributed by atoms with Crippen molar-refractivity contribution >= 4 is 29.4 Å². The Hall–Kier alpha value is -4.18. The molecule has 38 heavy (non-hydrogen) atoms. The number of carbonyl (C=O) groups excluding carboxylic acids is 1. The van der Waals surface area contributed by atoms with E-state index < -0.39 is 24.6 Å². The fourth-order valence-electron chi connectivity index (χ4n) is 4.06. The Balaban J connectivity index is 1.79. The van der Waals surface area contributed by atoms with Crippen molar-refractivity contribution in [2.75, 3.05) is 13.2 Å². The summed E-state index contributed by atoms with van der Waals surface area (Å²) in [6.45, 7) is 7.10. The van der Waals surface area contributed by atoms with Crippen molar-refractivity contribution in [3.63, 3.8) is 0 Å². The molecule has 0 spiro atoms. The maximum atomic E-state index is 13.7. The van der Waals surface area contributed by atoms with Crippen LogP contribution in [0.5, 0.6) is 11.5 Å². The molecule has 2 aromatic carbocycles. The van der Waals surface area contributed by atoms with Gasteiger partial charge in [0.25, 0.3) is 5.56 Å². The molecule has 4 rings (SSSR count). The molecule has 0 aliphatic carbocycles. The van der Waals surface area contributed by atoms with Crippen LogP contribution in [0.25, 0.3) is 6.08 Å². The SMILES string of the molecule is CCOC(=O)C1=C(C)N=c2sc(=Cc3ccc(OCC(=O)O)cc3)c(=O)n2[C@H]1c1ccc(OC(C)C)cc1. The van der Waals surface area contributed by atoms with Crippen LogP contribution in [0.2, 0.25) is 0 Å². The molecule has 198 valence electrons. The molecule has 0 amide bonds. The molecule has 9 nitrogen and oxygen atoms in total. The summed E-state index contributed by atoms with van der Waals surface area (Å²) in [6, 6.07) is 13.3. The van der Waals surface area contributed by atoms with Gasteiger partial charge in [-0.25, -0.2) is 14.6 Å². The van der Waals surface area contributed by atoms with E-state index in [-0.39, 0.29) is 18.3 Å². The second kappa shape index (κ2) is 11.5. The molecule has 0 bridgehead atoms. The van der Waals surface area contributed by atoms with Gasteiger partial charge in [0.2, 0.25) is 0 Å². The second-order valence-electron chi connectivity index (χ2n) is 8.79. The van der Waals surface area contributed by atoms with Gasteiger partial charge in [0.1, 0.15) is 11.5 Å². The topological polar surface area (TPSA) is 116 Å². The van der Waals surface area contributed by atoms with Gasteiger partial charge in [0.15, 0.2) is 11.4 Å². The first-order valence-corrected chi connectivity index (χ1v) is 12.9. The molecule has 1 N–H and O–H groups in total. The second-order valence-corrected chi connectivity index (χ2v) is 9.80. The molecular weight excluding hydrogens is 508 g/mol. The van der Waals surface area contributed by atoms with Crippen molar-refractivity contribution < 1.29 is 28.9 Å². The minimum Gasteiger partial charge on any atom is -0.491 e. The molecule has 0 saturated heterocycles.